The zero-order valence-corrected chi connectivity index (χ0v) is 14.4. The molecular formula is C15H23BrN2O3. The van der Waals surface area contributed by atoms with Crippen molar-refractivity contribution in [3.8, 4) is 0 Å². The third-order valence-electron chi connectivity index (χ3n) is 4.62. The summed E-state index contributed by atoms with van der Waals surface area (Å²) in [6.07, 6.45) is 0.441. The molecule has 3 fully saturated rings. The first-order chi connectivity index (χ1) is 9.80. The van der Waals surface area contributed by atoms with Crippen LogP contribution in [0.15, 0.2) is 0 Å². The van der Waals surface area contributed by atoms with Crippen molar-refractivity contribution in [3.05, 3.63) is 0 Å². The topological polar surface area (TPSA) is 49.9 Å². The molecular weight excluding hydrogens is 336 g/mol. The number of ether oxygens (including phenoxy) is 1. The van der Waals surface area contributed by atoms with Crippen molar-refractivity contribution >= 4 is 27.9 Å². The quantitative estimate of drug-likeness (QED) is 0.710. The van der Waals surface area contributed by atoms with Crippen molar-refractivity contribution < 1.29 is 14.3 Å². The monoisotopic (exact) mass is 358 g/mol. The van der Waals surface area contributed by atoms with Gasteiger partial charge in [-0.25, -0.2) is 4.79 Å². The molecule has 0 aromatic rings. The molecule has 0 aromatic heterocycles. The zero-order valence-electron chi connectivity index (χ0n) is 12.8. The van der Waals surface area contributed by atoms with E-state index in [0.29, 0.717) is 30.2 Å². The summed E-state index contributed by atoms with van der Waals surface area (Å²) in [5, 5.41) is 0.890. The minimum absolute atomic E-state index is 0.223. The fourth-order valence-corrected chi connectivity index (χ4v) is 4.07. The maximum Gasteiger partial charge on any atom is 0.410 e. The average Bonchev–Trinajstić information content (AvgIpc) is 2.76. The molecule has 2 heterocycles. The smallest absolute Gasteiger partial charge is 0.410 e. The van der Waals surface area contributed by atoms with E-state index in [9.17, 15) is 9.59 Å². The molecule has 1 saturated carbocycles. The Labute approximate surface area is 134 Å². The van der Waals surface area contributed by atoms with Crippen molar-refractivity contribution in [3.63, 3.8) is 0 Å². The molecule has 4 atom stereocenters. The van der Waals surface area contributed by atoms with E-state index in [0.717, 1.165) is 25.0 Å². The number of likely N-dealkylation sites (tertiary alicyclic amines) is 2. The fraction of sp³-hybridized carbons (Fsp3) is 0.867. The largest absolute Gasteiger partial charge is 0.444 e. The molecule has 2 amide bonds. The molecule has 2 aliphatic heterocycles. The van der Waals surface area contributed by atoms with E-state index in [1.54, 1.807) is 4.90 Å². The summed E-state index contributed by atoms with van der Waals surface area (Å²) in [5.41, 5.74) is -0.447. The number of fused-ring (bicyclic) bond motifs is 1. The van der Waals surface area contributed by atoms with Gasteiger partial charge in [0.15, 0.2) is 0 Å². The van der Waals surface area contributed by atoms with Crippen LogP contribution in [0.25, 0.3) is 0 Å². The number of rotatable bonds is 2. The van der Waals surface area contributed by atoms with Gasteiger partial charge in [0.1, 0.15) is 5.60 Å². The molecule has 0 radical (unpaired) electrons. The lowest BCUT2D eigenvalue weighted by molar-refractivity contribution is -0.128. The first kappa shape index (κ1) is 15.1. The van der Waals surface area contributed by atoms with Gasteiger partial charge < -0.3 is 14.5 Å². The molecule has 0 N–H and O–H groups in total. The highest BCUT2D eigenvalue weighted by Crippen LogP contribution is 2.50. The molecule has 3 rings (SSSR count). The van der Waals surface area contributed by atoms with Gasteiger partial charge in [0, 0.05) is 49.3 Å². The van der Waals surface area contributed by atoms with Crippen molar-refractivity contribution in [2.24, 2.45) is 17.8 Å². The number of piperidine rings is 1. The second-order valence-corrected chi connectivity index (χ2v) is 8.12. The van der Waals surface area contributed by atoms with Crippen LogP contribution in [0, 0.1) is 17.8 Å². The van der Waals surface area contributed by atoms with Crippen LogP contribution in [-0.4, -0.2) is 58.4 Å². The Balaban J connectivity index is 1.53. The van der Waals surface area contributed by atoms with E-state index in [-0.39, 0.29) is 12.0 Å². The van der Waals surface area contributed by atoms with Gasteiger partial charge in [0.2, 0.25) is 5.91 Å². The van der Waals surface area contributed by atoms with Crippen LogP contribution in [0.1, 0.15) is 27.2 Å². The Hall–Kier alpha value is -0.780. The molecule has 0 spiro atoms. The van der Waals surface area contributed by atoms with Gasteiger partial charge in [-0.05, 0) is 26.7 Å². The molecule has 2 saturated heterocycles. The van der Waals surface area contributed by atoms with Crippen molar-refractivity contribution in [2.75, 3.05) is 25.0 Å². The maximum absolute atomic E-state index is 12.1. The van der Waals surface area contributed by atoms with Gasteiger partial charge in [0.25, 0.3) is 0 Å². The molecule has 2 unspecified atom stereocenters. The lowest BCUT2D eigenvalue weighted by Gasteiger charge is -2.27. The van der Waals surface area contributed by atoms with Crippen molar-refractivity contribution in [1.82, 2.24) is 9.80 Å². The predicted octanol–water partition coefficient (Wildman–Crippen LogP) is 2.10. The van der Waals surface area contributed by atoms with E-state index < -0.39 is 5.60 Å². The number of alkyl halides is 1. The van der Waals surface area contributed by atoms with Crippen LogP contribution >= 0.6 is 15.9 Å². The Morgan fingerprint density at radius 2 is 1.90 bits per heavy atom. The van der Waals surface area contributed by atoms with E-state index in [1.165, 1.54) is 0 Å². The first-order valence-electron chi connectivity index (χ1n) is 7.63. The third kappa shape index (κ3) is 2.91. The van der Waals surface area contributed by atoms with Gasteiger partial charge in [-0.3, -0.25) is 4.79 Å². The number of carbonyl (C=O) groups excluding carboxylic acids is 2. The SMILES string of the molecule is CC(C)(C)OC(=O)N1C[C@@H]2C(N3CC(CBr)CC3=O)[C@@H]2C1. The number of carbonyl (C=O) groups is 2. The molecule has 1 aliphatic carbocycles. The van der Waals surface area contributed by atoms with Crippen LogP contribution < -0.4 is 0 Å². The number of halogens is 1. The lowest BCUT2D eigenvalue weighted by Crippen LogP contribution is -2.40. The molecule has 3 aliphatic rings. The Morgan fingerprint density at radius 1 is 1.29 bits per heavy atom. The van der Waals surface area contributed by atoms with Crippen LogP contribution in [0.4, 0.5) is 4.79 Å². The molecule has 0 bridgehead atoms. The Morgan fingerprint density at radius 3 is 2.38 bits per heavy atom. The summed E-state index contributed by atoms with van der Waals surface area (Å²) < 4.78 is 5.41. The third-order valence-corrected chi connectivity index (χ3v) is 5.53. The summed E-state index contributed by atoms with van der Waals surface area (Å²) >= 11 is 3.47. The number of hydrogen-bond donors (Lipinski definition) is 0. The normalized spacial score (nSPS) is 35.1. The minimum Gasteiger partial charge on any atom is -0.444 e. The van der Waals surface area contributed by atoms with Crippen LogP contribution in [0.5, 0.6) is 0 Å². The highest BCUT2D eigenvalue weighted by atomic mass is 79.9. The Bertz CT molecular complexity index is 450. The molecule has 21 heavy (non-hydrogen) atoms. The number of hydrogen-bond acceptors (Lipinski definition) is 3. The molecule has 118 valence electrons. The number of amides is 2. The summed E-state index contributed by atoms with van der Waals surface area (Å²) in [6.45, 7) is 7.98. The second kappa shape index (κ2) is 5.14. The molecule has 0 aromatic carbocycles. The van der Waals surface area contributed by atoms with Gasteiger partial charge in [0.05, 0.1) is 0 Å². The van der Waals surface area contributed by atoms with Crippen molar-refractivity contribution in [2.45, 2.75) is 38.8 Å². The first-order valence-corrected chi connectivity index (χ1v) is 8.75. The fourth-order valence-electron chi connectivity index (χ4n) is 3.63. The van der Waals surface area contributed by atoms with Gasteiger partial charge >= 0.3 is 6.09 Å². The van der Waals surface area contributed by atoms with Crippen molar-refractivity contribution in [1.29, 1.82) is 0 Å². The summed E-state index contributed by atoms with van der Waals surface area (Å²) in [4.78, 5) is 27.9. The van der Waals surface area contributed by atoms with E-state index in [2.05, 4.69) is 15.9 Å². The van der Waals surface area contributed by atoms with E-state index >= 15 is 0 Å². The van der Waals surface area contributed by atoms with E-state index in [4.69, 9.17) is 4.74 Å². The van der Waals surface area contributed by atoms with Gasteiger partial charge in [-0.1, -0.05) is 15.9 Å². The number of nitrogens with zero attached hydrogens (tertiary/aromatic N) is 2. The average molecular weight is 359 g/mol. The highest BCUT2D eigenvalue weighted by Gasteiger charge is 2.61. The molecule has 5 nitrogen and oxygen atoms in total. The molecule has 6 heteroatoms. The van der Waals surface area contributed by atoms with Gasteiger partial charge in [-0.15, -0.1) is 0 Å². The van der Waals surface area contributed by atoms with Gasteiger partial charge in [-0.2, -0.15) is 0 Å². The second-order valence-electron chi connectivity index (χ2n) is 7.47. The summed E-state index contributed by atoms with van der Waals surface area (Å²) in [7, 11) is 0. The Kier molecular flexibility index (Phi) is 3.71. The van der Waals surface area contributed by atoms with Crippen LogP contribution in [-0.2, 0) is 9.53 Å². The highest BCUT2D eigenvalue weighted by molar-refractivity contribution is 9.09. The minimum atomic E-state index is -0.447. The predicted molar refractivity (Wildman–Crippen MR) is 82.2 cm³/mol. The lowest BCUT2D eigenvalue weighted by atomic mass is 10.2. The van der Waals surface area contributed by atoms with Crippen LogP contribution in [0.3, 0.4) is 0 Å². The summed E-state index contributed by atoms with van der Waals surface area (Å²) in [5.74, 6) is 1.63. The maximum atomic E-state index is 12.1. The van der Waals surface area contributed by atoms with E-state index in [1.807, 2.05) is 25.7 Å². The summed E-state index contributed by atoms with van der Waals surface area (Å²) in [6, 6.07) is 0.361. The zero-order chi connectivity index (χ0) is 15.4. The van der Waals surface area contributed by atoms with Crippen LogP contribution in [0.2, 0.25) is 0 Å². The standard InChI is InChI=1S/C15H23BrN2O3/c1-15(2,3)21-14(20)17-7-10-11(8-17)13(10)18-6-9(5-16)4-12(18)19/h9-11,13H,4-8H2,1-3H3/t9?,10-,11+,13?.